The Morgan fingerprint density at radius 2 is 2.22 bits per heavy atom. The normalized spacial score (nSPS) is 13.9. The molecule has 0 fully saturated rings. The van der Waals surface area contributed by atoms with E-state index < -0.39 is 12.0 Å². The highest BCUT2D eigenvalue weighted by molar-refractivity contribution is 7.09. The quantitative estimate of drug-likeness (QED) is 0.798. The molecule has 4 nitrogen and oxygen atoms in total. The highest BCUT2D eigenvalue weighted by atomic mass is 32.1. The van der Waals surface area contributed by atoms with Crippen molar-refractivity contribution in [3.8, 4) is 0 Å². The Balaban J connectivity index is 2.44. The summed E-state index contributed by atoms with van der Waals surface area (Å²) in [5.74, 6) is -1.22. The molecule has 2 N–H and O–H groups in total. The molecule has 0 aromatic carbocycles. The second kappa shape index (κ2) is 7.16. The predicted octanol–water partition coefficient (Wildman–Crippen LogP) is 2.30. The molecule has 0 saturated heterocycles. The largest absolute Gasteiger partial charge is 0.480 e. The van der Waals surface area contributed by atoms with Crippen molar-refractivity contribution in [1.29, 1.82) is 0 Å². The second-order valence-electron chi connectivity index (χ2n) is 4.35. The Kier molecular flexibility index (Phi) is 5.85. The van der Waals surface area contributed by atoms with Crippen molar-refractivity contribution >= 4 is 23.2 Å². The molecule has 1 aromatic heterocycles. The van der Waals surface area contributed by atoms with Crippen molar-refractivity contribution in [2.24, 2.45) is 5.92 Å². The molecule has 100 valence electrons. The van der Waals surface area contributed by atoms with Crippen LogP contribution in [0.25, 0.3) is 0 Å². The van der Waals surface area contributed by atoms with Crippen molar-refractivity contribution in [1.82, 2.24) is 5.32 Å². The molecule has 1 rings (SSSR count). The average Bonchev–Trinajstić information content (AvgIpc) is 2.85. The zero-order chi connectivity index (χ0) is 13.5. The fourth-order valence-corrected chi connectivity index (χ4v) is 2.33. The second-order valence-corrected chi connectivity index (χ2v) is 5.38. The number of carboxylic acids is 1. The highest BCUT2D eigenvalue weighted by Gasteiger charge is 2.24. The van der Waals surface area contributed by atoms with Crippen LogP contribution in [0, 0.1) is 5.92 Å². The third kappa shape index (κ3) is 4.49. The first-order chi connectivity index (χ1) is 8.54. The highest BCUT2D eigenvalue weighted by Crippen LogP contribution is 2.12. The number of carbonyl (C=O) groups excluding carboxylic acids is 1. The van der Waals surface area contributed by atoms with Crippen molar-refractivity contribution in [3.05, 3.63) is 22.4 Å². The maximum atomic E-state index is 11.7. The van der Waals surface area contributed by atoms with Crippen LogP contribution in [-0.2, 0) is 16.0 Å². The van der Waals surface area contributed by atoms with Gasteiger partial charge in [-0.3, -0.25) is 4.79 Å². The number of rotatable bonds is 7. The Bertz CT molecular complexity index is 389. The zero-order valence-corrected chi connectivity index (χ0v) is 11.5. The van der Waals surface area contributed by atoms with Crippen LogP contribution in [0.1, 0.15) is 31.6 Å². The lowest BCUT2D eigenvalue weighted by Gasteiger charge is -2.19. The van der Waals surface area contributed by atoms with Gasteiger partial charge < -0.3 is 10.4 Å². The summed E-state index contributed by atoms with van der Waals surface area (Å²) in [5, 5.41) is 13.6. The first-order valence-electron chi connectivity index (χ1n) is 6.09. The van der Waals surface area contributed by atoms with Crippen LogP contribution in [0.3, 0.4) is 0 Å². The summed E-state index contributed by atoms with van der Waals surface area (Å²) in [5.41, 5.74) is 0. The first kappa shape index (κ1) is 14.7. The lowest BCUT2D eigenvalue weighted by molar-refractivity contribution is -0.143. The maximum Gasteiger partial charge on any atom is 0.326 e. The van der Waals surface area contributed by atoms with E-state index in [4.69, 9.17) is 5.11 Å². The number of aliphatic carboxylic acids is 1. The van der Waals surface area contributed by atoms with E-state index in [-0.39, 0.29) is 11.8 Å². The Morgan fingerprint density at radius 3 is 2.72 bits per heavy atom. The van der Waals surface area contributed by atoms with Crippen LogP contribution < -0.4 is 5.32 Å². The van der Waals surface area contributed by atoms with E-state index in [0.29, 0.717) is 12.8 Å². The number of amides is 1. The molecule has 5 heteroatoms. The molecule has 0 aliphatic rings. The van der Waals surface area contributed by atoms with E-state index in [0.717, 1.165) is 11.3 Å². The van der Waals surface area contributed by atoms with Crippen molar-refractivity contribution < 1.29 is 14.7 Å². The minimum absolute atomic E-state index is 0.0619. The van der Waals surface area contributed by atoms with E-state index in [1.807, 2.05) is 31.4 Å². The molecule has 2 unspecified atom stereocenters. The number of carbonyl (C=O) groups is 2. The van der Waals surface area contributed by atoms with Crippen LogP contribution in [0.4, 0.5) is 0 Å². The number of aryl methyl sites for hydroxylation is 1. The molecular formula is C13H19NO3S. The maximum absolute atomic E-state index is 11.7. The Labute approximate surface area is 111 Å². The van der Waals surface area contributed by atoms with Gasteiger partial charge in [-0.1, -0.05) is 26.3 Å². The molecule has 0 spiro atoms. The molecular weight excluding hydrogens is 250 g/mol. The minimum atomic E-state index is -0.964. The molecule has 0 aliphatic carbocycles. The van der Waals surface area contributed by atoms with Gasteiger partial charge in [-0.25, -0.2) is 4.79 Å². The fourth-order valence-electron chi connectivity index (χ4n) is 1.62. The molecule has 2 atom stereocenters. The monoisotopic (exact) mass is 269 g/mol. The topological polar surface area (TPSA) is 66.4 Å². The summed E-state index contributed by atoms with van der Waals surface area (Å²) < 4.78 is 0. The first-order valence-corrected chi connectivity index (χ1v) is 6.97. The van der Waals surface area contributed by atoms with Crippen LogP contribution in [-0.4, -0.2) is 23.0 Å². The number of carboxylic acid groups (broad SMARTS) is 1. The van der Waals surface area contributed by atoms with E-state index >= 15 is 0 Å². The van der Waals surface area contributed by atoms with Gasteiger partial charge in [-0.2, -0.15) is 0 Å². The van der Waals surface area contributed by atoms with Crippen LogP contribution in [0.2, 0.25) is 0 Å². The van der Waals surface area contributed by atoms with Crippen LogP contribution in [0.5, 0.6) is 0 Å². The molecule has 18 heavy (non-hydrogen) atoms. The predicted molar refractivity (Wildman–Crippen MR) is 71.7 cm³/mol. The molecule has 0 bridgehead atoms. The molecule has 0 aliphatic heterocycles. The van der Waals surface area contributed by atoms with Crippen molar-refractivity contribution in [2.45, 2.75) is 39.2 Å². The molecule has 1 aromatic rings. The van der Waals surface area contributed by atoms with Gasteiger partial charge in [0.05, 0.1) is 0 Å². The molecule has 1 amide bonds. The van der Waals surface area contributed by atoms with Crippen LogP contribution >= 0.6 is 11.3 Å². The van der Waals surface area contributed by atoms with Gasteiger partial charge in [0.25, 0.3) is 0 Å². The van der Waals surface area contributed by atoms with Gasteiger partial charge in [-0.05, 0) is 23.8 Å². The van der Waals surface area contributed by atoms with Crippen molar-refractivity contribution in [3.63, 3.8) is 0 Å². The molecule has 0 saturated carbocycles. The summed E-state index contributed by atoms with van der Waals surface area (Å²) in [6, 6.07) is 3.13. The smallest absolute Gasteiger partial charge is 0.326 e. The van der Waals surface area contributed by atoms with Gasteiger partial charge in [0, 0.05) is 11.3 Å². The number of nitrogens with one attached hydrogen (secondary N) is 1. The van der Waals surface area contributed by atoms with E-state index in [2.05, 4.69) is 5.32 Å². The number of hydrogen-bond acceptors (Lipinski definition) is 3. The standard InChI is InChI=1S/C13H19NO3S/c1-3-9(2)12(13(16)17)14-11(15)7-6-10-5-4-8-18-10/h4-5,8-9,12H,3,6-7H2,1-2H3,(H,14,15)(H,16,17). The lowest BCUT2D eigenvalue weighted by Crippen LogP contribution is -2.45. The van der Waals surface area contributed by atoms with Gasteiger partial charge in [0.15, 0.2) is 0 Å². The lowest BCUT2D eigenvalue weighted by atomic mass is 9.99. The summed E-state index contributed by atoms with van der Waals surface area (Å²) in [4.78, 5) is 23.9. The third-order valence-corrected chi connectivity index (χ3v) is 3.91. The summed E-state index contributed by atoms with van der Waals surface area (Å²) >= 11 is 1.60. The van der Waals surface area contributed by atoms with E-state index in [1.54, 1.807) is 11.3 Å². The summed E-state index contributed by atoms with van der Waals surface area (Å²) in [6.45, 7) is 3.75. The molecule has 0 radical (unpaired) electrons. The SMILES string of the molecule is CCC(C)C(NC(=O)CCc1cccs1)C(=O)O. The van der Waals surface area contributed by atoms with Crippen molar-refractivity contribution in [2.75, 3.05) is 0 Å². The number of thiophene rings is 1. The Hall–Kier alpha value is -1.36. The van der Waals surface area contributed by atoms with Gasteiger partial charge in [0.2, 0.25) is 5.91 Å². The third-order valence-electron chi connectivity index (χ3n) is 2.97. The average molecular weight is 269 g/mol. The fraction of sp³-hybridized carbons (Fsp3) is 0.538. The van der Waals surface area contributed by atoms with E-state index in [9.17, 15) is 9.59 Å². The Morgan fingerprint density at radius 1 is 1.50 bits per heavy atom. The van der Waals surface area contributed by atoms with Gasteiger partial charge in [-0.15, -0.1) is 11.3 Å². The minimum Gasteiger partial charge on any atom is -0.480 e. The van der Waals surface area contributed by atoms with Gasteiger partial charge >= 0.3 is 5.97 Å². The zero-order valence-electron chi connectivity index (χ0n) is 10.7. The van der Waals surface area contributed by atoms with Crippen LogP contribution in [0.15, 0.2) is 17.5 Å². The van der Waals surface area contributed by atoms with E-state index in [1.165, 1.54) is 0 Å². The van der Waals surface area contributed by atoms with Gasteiger partial charge in [0.1, 0.15) is 6.04 Å². The number of hydrogen-bond donors (Lipinski definition) is 2. The summed E-state index contributed by atoms with van der Waals surface area (Å²) in [6.07, 6.45) is 1.72. The summed E-state index contributed by atoms with van der Waals surface area (Å²) in [7, 11) is 0. The molecule has 1 heterocycles.